The van der Waals surface area contributed by atoms with E-state index >= 15 is 0 Å². The molecule has 18 heavy (non-hydrogen) atoms. The summed E-state index contributed by atoms with van der Waals surface area (Å²) in [5.41, 5.74) is 0.796. The third-order valence-electron chi connectivity index (χ3n) is 2.80. The number of carbonyl (C=O) groups excluding carboxylic acids is 1. The average Bonchev–Trinajstić information content (AvgIpc) is 2.86. The summed E-state index contributed by atoms with van der Waals surface area (Å²) < 4.78 is 5.24. The summed E-state index contributed by atoms with van der Waals surface area (Å²) in [5.74, 6) is 0.342. The molecule has 1 atom stereocenters. The zero-order valence-corrected chi connectivity index (χ0v) is 11.4. The van der Waals surface area contributed by atoms with Crippen molar-refractivity contribution in [1.82, 2.24) is 9.88 Å². The van der Waals surface area contributed by atoms with E-state index < -0.39 is 0 Å². The molecule has 0 radical (unpaired) electrons. The summed E-state index contributed by atoms with van der Waals surface area (Å²) in [4.78, 5) is 18.1. The molecule has 1 aromatic rings. The molecule has 1 fully saturated rings. The van der Waals surface area contributed by atoms with Gasteiger partial charge < -0.3 is 14.7 Å². The molecule has 0 aliphatic carbocycles. The lowest BCUT2D eigenvalue weighted by molar-refractivity contribution is -0.140. The second-order valence-corrected chi connectivity index (χ2v) is 5.25. The minimum Gasteiger partial charge on any atom is -0.394 e. The zero-order chi connectivity index (χ0) is 13.0. The van der Waals surface area contributed by atoms with Crippen molar-refractivity contribution in [2.24, 2.45) is 0 Å². The van der Waals surface area contributed by atoms with Crippen molar-refractivity contribution >= 4 is 28.8 Å². The Morgan fingerprint density at radius 3 is 3.22 bits per heavy atom. The van der Waals surface area contributed by atoms with Gasteiger partial charge in [-0.15, -0.1) is 22.9 Å². The minimum absolute atomic E-state index is 0.0205. The Bertz CT molecular complexity index is 413. The lowest BCUT2D eigenvalue weighted by Gasteiger charge is -2.34. The van der Waals surface area contributed by atoms with Gasteiger partial charge in [0.25, 0.3) is 0 Å². The first kappa shape index (κ1) is 13.7. The molecule has 2 heterocycles. The fourth-order valence-corrected chi connectivity index (χ4v) is 2.87. The number of ether oxygens (including phenoxy) is 1. The summed E-state index contributed by atoms with van der Waals surface area (Å²) in [6, 6.07) is -0.237. The van der Waals surface area contributed by atoms with Gasteiger partial charge >= 0.3 is 0 Å². The van der Waals surface area contributed by atoms with Gasteiger partial charge in [-0.1, -0.05) is 0 Å². The van der Waals surface area contributed by atoms with Gasteiger partial charge in [0.05, 0.1) is 43.9 Å². The number of amides is 1. The number of hydrogen-bond acceptors (Lipinski definition) is 5. The number of aliphatic hydroxyl groups is 1. The van der Waals surface area contributed by atoms with E-state index in [0.29, 0.717) is 25.6 Å². The van der Waals surface area contributed by atoms with Crippen molar-refractivity contribution < 1.29 is 14.6 Å². The van der Waals surface area contributed by atoms with Gasteiger partial charge in [-0.25, -0.2) is 4.98 Å². The number of alkyl halides is 1. The summed E-state index contributed by atoms with van der Waals surface area (Å²) >= 11 is 7.11. The molecule has 0 aromatic carbocycles. The van der Waals surface area contributed by atoms with Gasteiger partial charge in [-0.2, -0.15) is 0 Å². The lowest BCUT2D eigenvalue weighted by atomic mass is 10.2. The second-order valence-electron chi connectivity index (χ2n) is 4.04. The molecule has 7 heteroatoms. The van der Waals surface area contributed by atoms with Gasteiger partial charge in [-0.3, -0.25) is 4.79 Å². The Morgan fingerprint density at radius 2 is 2.56 bits per heavy atom. The second kappa shape index (κ2) is 6.47. The van der Waals surface area contributed by atoms with E-state index in [2.05, 4.69) is 4.98 Å². The quantitative estimate of drug-likeness (QED) is 0.827. The van der Waals surface area contributed by atoms with Crippen LogP contribution in [0.1, 0.15) is 10.7 Å². The minimum atomic E-state index is -0.237. The number of nitrogens with zero attached hydrogens (tertiary/aromatic N) is 2. The van der Waals surface area contributed by atoms with E-state index in [4.69, 9.17) is 16.3 Å². The fraction of sp³-hybridized carbons (Fsp3) is 0.636. The predicted molar refractivity (Wildman–Crippen MR) is 68.8 cm³/mol. The number of morpholine rings is 1. The molecule has 1 aliphatic rings. The highest BCUT2D eigenvalue weighted by Gasteiger charge is 2.27. The fourth-order valence-electron chi connectivity index (χ4n) is 1.86. The van der Waals surface area contributed by atoms with Crippen molar-refractivity contribution in [1.29, 1.82) is 0 Å². The van der Waals surface area contributed by atoms with Gasteiger partial charge in [0.1, 0.15) is 5.01 Å². The van der Waals surface area contributed by atoms with Crippen molar-refractivity contribution in [2.45, 2.75) is 18.3 Å². The number of thiazole rings is 1. The first-order chi connectivity index (χ1) is 8.74. The largest absolute Gasteiger partial charge is 0.394 e. The number of hydrogen-bond donors (Lipinski definition) is 1. The molecule has 1 aliphatic heterocycles. The van der Waals surface area contributed by atoms with Crippen LogP contribution < -0.4 is 0 Å². The molecule has 0 saturated carbocycles. The zero-order valence-electron chi connectivity index (χ0n) is 9.84. The maximum atomic E-state index is 12.1. The molecule has 1 N–H and O–H groups in total. The molecule has 2 rings (SSSR count). The van der Waals surface area contributed by atoms with Crippen LogP contribution in [0.15, 0.2) is 5.38 Å². The van der Waals surface area contributed by atoms with E-state index in [0.717, 1.165) is 10.7 Å². The maximum absolute atomic E-state index is 12.1. The summed E-state index contributed by atoms with van der Waals surface area (Å²) in [7, 11) is 0. The Kier molecular flexibility index (Phi) is 4.94. The van der Waals surface area contributed by atoms with Crippen LogP contribution in [0.2, 0.25) is 0 Å². The van der Waals surface area contributed by atoms with E-state index in [-0.39, 0.29) is 25.0 Å². The number of aliphatic hydroxyl groups excluding tert-OH is 1. The molecule has 1 saturated heterocycles. The molecule has 5 nitrogen and oxygen atoms in total. The van der Waals surface area contributed by atoms with Gasteiger partial charge in [-0.05, 0) is 0 Å². The highest BCUT2D eigenvalue weighted by Crippen LogP contribution is 2.15. The van der Waals surface area contributed by atoms with Crippen LogP contribution in [-0.2, 0) is 21.8 Å². The normalized spacial score (nSPS) is 20.1. The standard InChI is InChI=1S/C11H15ClN2O3S/c12-4-8-7-18-10(13-8)3-11(16)14-1-2-17-6-9(14)5-15/h7,9,15H,1-6H2. The summed E-state index contributed by atoms with van der Waals surface area (Å²) in [6.07, 6.45) is 0.262. The molecular formula is C11H15ClN2O3S. The van der Waals surface area contributed by atoms with E-state index in [1.807, 2.05) is 5.38 Å². The molecule has 1 amide bonds. The number of aromatic nitrogens is 1. The van der Waals surface area contributed by atoms with E-state index in [9.17, 15) is 9.90 Å². The van der Waals surface area contributed by atoms with Crippen molar-refractivity contribution in [3.8, 4) is 0 Å². The Balaban J connectivity index is 1.97. The van der Waals surface area contributed by atoms with Crippen molar-refractivity contribution in [3.63, 3.8) is 0 Å². The molecule has 100 valence electrons. The van der Waals surface area contributed by atoms with Crippen LogP contribution in [0.25, 0.3) is 0 Å². The van der Waals surface area contributed by atoms with E-state index in [1.165, 1.54) is 11.3 Å². The average molecular weight is 291 g/mol. The molecule has 0 spiro atoms. The number of carbonyl (C=O) groups is 1. The SMILES string of the molecule is O=C(Cc1nc(CCl)cs1)N1CCOCC1CO. The van der Waals surface area contributed by atoms with Gasteiger partial charge in [0.2, 0.25) is 5.91 Å². The third-order valence-corrected chi connectivity index (χ3v) is 3.97. The number of halogens is 1. The van der Waals surface area contributed by atoms with Gasteiger partial charge in [0.15, 0.2) is 0 Å². The summed E-state index contributed by atoms with van der Waals surface area (Å²) in [6.45, 7) is 1.37. The Labute approximate surface area is 114 Å². The Hall–Kier alpha value is -0.690. The molecule has 1 unspecified atom stereocenters. The lowest BCUT2D eigenvalue weighted by Crippen LogP contribution is -2.51. The Morgan fingerprint density at radius 1 is 1.72 bits per heavy atom. The highest BCUT2D eigenvalue weighted by molar-refractivity contribution is 7.09. The van der Waals surface area contributed by atoms with Crippen LogP contribution in [0, 0.1) is 0 Å². The topological polar surface area (TPSA) is 62.7 Å². The van der Waals surface area contributed by atoms with Crippen molar-refractivity contribution in [2.75, 3.05) is 26.4 Å². The first-order valence-corrected chi connectivity index (χ1v) is 7.13. The summed E-state index contributed by atoms with van der Waals surface area (Å²) in [5, 5.41) is 11.8. The van der Waals surface area contributed by atoms with Crippen LogP contribution in [0.5, 0.6) is 0 Å². The van der Waals surface area contributed by atoms with Gasteiger partial charge in [0, 0.05) is 11.9 Å². The molecule has 1 aromatic heterocycles. The smallest absolute Gasteiger partial charge is 0.229 e. The van der Waals surface area contributed by atoms with Crippen molar-refractivity contribution in [3.05, 3.63) is 16.1 Å². The number of rotatable bonds is 4. The van der Waals surface area contributed by atoms with Crippen LogP contribution >= 0.6 is 22.9 Å². The van der Waals surface area contributed by atoms with Crippen LogP contribution in [0.3, 0.4) is 0 Å². The monoisotopic (exact) mass is 290 g/mol. The van der Waals surface area contributed by atoms with Crippen LogP contribution in [-0.4, -0.2) is 53.3 Å². The first-order valence-electron chi connectivity index (χ1n) is 5.72. The molecular weight excluding hydrogens is 276 g/mol. The van der Waals surface area contributed by atoms with Crippen LogP contribution in [0.4, 0.5) is 0 Å². The predicted octanol–water partition coefficient (Wildman–Crippen LogP) is 0.644. The van der Waals surface area contributed by atoms with E-state index in [1.54, 1.807) is 4.90 Å². The highest BCUT2D eigenvalue weighted by atomic mass is 35.5. The third kappa shape index (κ3) is 3.20. The maximum Gasteiger partial charge on any atom is 0.229 e. The molecule has 0 bridgehead atoms.